The van der Waals surface area contributed by atoms with Gasteiger partial charge in [0.15, 0.2) is 0 Å². The average molecular weight is 217 g/mol. The van der Waals surface area contributed by atoms with Gasteiger partial charge in [0, 0.05) is 12.8 Å². The highest BCUT2D eigenvalue weighted by molar-refractivity contribution is 5.79. The molecule has 1 aromatic carbocycles. The van der Waals surface area contributed by atoms with Gasteiger partial charge in [-0.3, -0.25) is 4.99 Å². The Labute approximate surface area is 99.6 Å². The molecule has 0 fully saturated rings. The summed E-state index contributed by atoms with van der Waals surface area (Å²) in [5, 5.41) is 0. The van der Waals surface area contributed by atoms with Crippen LogP contribution >= 0.6 is 0 Å². The Kier molecular flexibility index (Phi) is 5.84. The van der Waals surface area contributed by atoms with Gasteiger partial charge >= 0.3 is 0 Å². The van der Waals surface area contributed by atoms with Gasteiger partial charge in [-0.25, -0.2) is 0 Å². The minimum Gasteiger partial charge on any atom is -0.292 e. The SMILES string of the molecule is CCCC(CN=Cc1ccccc1)C(C)C. The van der Waals surface area contributed by atoms with Crippen LogP contribution in [0.3, 0.4) is 0 Å². The first-order chi connectivity index (χ1) is 7.74. The Bertz CT molecular complexity index is 300. The van der Waals surface area contributed by atoms with Crippen LogP contribution in [0.4, 0.5) is 0 Å². The van der Waals surface area contributed by atoms with Gasteiger partial charge in [-0.15, -0.1) is 0 Å². The lowest BCUT2D eigenvalue weighted by Crippen LogP contribution is -2.12. The Balaban J connectivity index is 2.45. The first-order valence-corrected chi connectivity index (χ1v) is 6.29. The molecule has 0 aliphatic carbocycles. The van der Waals surface area contributed by atoms with Crippen molar-refractivity contribution >= 4 is 6.21 Å². The maximum Gasteiger partial charge on any atom is 0.0420 e. The van der Waals surface area contributed by atoms with Gasteiger partial charge in [0.05, 0.1) is 0 Å². The summed E-state index contributed by atoms with van der Waals surface area (Å²) in [5.41, 5.74) is 1.20. The number of hydrogen-bond donors (Lipinski definition) is 0. The van der Waals surface area contributed by atoms with Crippen LogP contribution in [0.1, 0.15) is 39.2 Å². The lowest BCUT2D eigenvalue weighted by molar-refractivity contribution is 0.367. The molecule has 0 aliphatic rings. The second kappa shape index (κ2) is 7.21. The molecule has 0 radical (unpaired) electrons. The van der Waals surface area contributed by atoms with E-state index in [4.69, 9.17) is 0 Å². The van der Waals surface area contributed by atoms with E-state index in [1.165, 1.54) is 18.4 Å². The zero-order valence-electron chi connectivity index (χ0n) is 10.7. The Hall–Kier alpha value is -1.11. The van der Waals surface area contributed by atoms with Crippen LogP contribution in [0.5, 0.6) is 0 Å². The topological polar surface area (TPSA) is 12.4 Å². The van der Waals surface area contributed by atoms with Crippen molar-refractivity contribution in [3.05, 3.63) is 35.9 Å². The molecular formula is C15H23N. The Morgan fingerprint density at radius 2 is 1.88 bits per heavy atom. The zero-order chi connectivity index (χ0) is 11.8. The molecule has 0 aromatic heterocycles. The van der Waals surface area contributed by atoms with Crippen LogP contribution < -0.4 is 0 Å². The van der Waals surface area contributed by atoms with Gasteiger partial charge in [0.1, 0.15) is 0 Å². The molecule has 0 N–H and O–H groups in total. The van der Waals surface area contributed by atoms with Crippen molar-refractivity contribution in [2.45, 2.75) is 33.6 Å². The van der Waals surface area contributed by atoms with Crippen LogP contribution in [0.25, 0.3) is 0 Å². The first-order valence-electron chi connectivity index (χ1n) is 6.29. The van der Waals surface area contributed by atoms with Crippen LogP contribution in [0.2, 0.25) is 0 Å². The summed E-state index contributed by atoms with van der Waals surface area (Å²) in [4.78, 5) is 4.56. The molecule has 0 aliphatic heterocycles. The van der Waals surface area contributed by atoms with E-state index in [0.717, 1.165) is 18.4 Å². The van der Waals surface area contributed by atoms with E-state index in [2.05, 4.69) is 37.9 Å². The van der Waals surface area contributed by atoms with Crippen LogP contribution in [-0.2, 0) is 0 Å². The monoisotopic (exact) mass is 217 g/mol. The fourth-order valence-corrected chi connectivity index (χ4v) is 1.84. The van der Waals surface area contributed by atoms with Crippen molar-refractivity contribution in [3.63, 3.8) is 0 Å². The van der Waals surface area contributed by atoms with Crippen LogP contribution in [0.15, 0.2) is 35.3 Å². The second-order valence-corrected chi connectivity index (χ2v) is 4.70. The quantitative estimate of drug-likeness (QED) is 0.634. The third-order valence-electron chi connectivity index (χ3n) is 2.98. The molecule has 0 spiro atoms. The largest absolute Gasteiger partial charge is 0.292 e. The molecule has 0 saturated heterocycles. The smallest absolute Gasteiger partial charge is 0.0420 e. The molecule has 16 heavy (non-hydrogen) atoms. The van der Waals surface area contributed by atoms with Crippen molar-refractivity contribution < 1.29 is 0 Å². The van der Waals surface area contributed by atoms with Crippen molar-refractivity contribution in [1.82, 2.24) is 0 Å². The van der Waals surface area contributed by atoms with Crippen molar-refractivity contribution in [1.29, 1.82) is 0 Å². The molecular weight excluding hydrogens is 194 g/mol. The van der Waals surface area contributed by atoms with E-state index in [9.17, 15) is 0 Å². The molecule has 1 aromatic rings. The van der Waals surface area contributed by atoms with Gasteiger partial charge in [0.2, 0.25) is 0 Å². The summed E-state index contributed by atoms with van der Waals surface area (Å²) in [5.74, 6) is 1.46. The van der Waals surface area contributed by atoms with Crippen molar-refractivity contribution in [3.8, 4) is 0 Å². The van der Waals surface area contributed by atoms with Gasteiger partial charge in [-0.05, 0) is 23.8 Å². The molecule has 1 rings (SSSR count). The minimum absolute atomic E-state index is 0.727. The molecule has 88 valence electrons. The molecule has 0 amide bonds. The number of benzene rings is 1. The molecule has 0 heterocycles. The summed E-state index contributed by atoms with van der Waals surface area (Å²) in [6, 6.07) is 10.3. The zero-order valence-corrected chi connectivity index (χ0v) is 10.7. The second-order valence-electron chi connectivity index (χ2n) is 4.70. The number of aliphatic imine (C=N–C) groups is 1. The van der Waals surface area contributed by atoms with E-state index >= 15 is 0 Å². The van der Waals surface area contributed by atoms with Crippen molar-refractivity contribution in [2.24, 2.45) is 16.8 Å². The summed E-state index contributed by atoms with van der Waals surface area (Å²) in [7, 11) is 0. The number of nitrogens with zero attached hydrogens (tertiary/aromatic N) is 1. The lowest BCUT2D eigenvalue weighted by atomic mass is 9.91. The average Bonchev–Trinajstić information content (AvgIpc) is 2.29. The molecule has 1 atom stereocenters. The third-order valence-corrected chi connectivity index (χ3v) is 2.98. The summed E-state index contributed by atoms with van der Waals surface area (Å²) in [6.45, 7) is 7.79. The predicted octanol–water partition coefficient (Wildman–Crippen LogP) is 4.18. The van der Waals surface area contributed by atoms with Crippen LogP contribution in [-0.4, -0.2) is 12.8 Å². The summed E-state index contributed by atoms with van der Waals surface area (Å²) < 4.78 is 0. The summed E-state index contributed by atoms with van der Waals surface area (Å²) >= 11 is 0. The van der Waals surface area contributed by atoms with E-state index in [1.54, 1.807) is 0 Å². The highest BCUT2D eigenvalue weighted by Crippen LogP contribution is 2.17. The van der Waals surface area contributed by atoms with E-state index in [1.807, 2.05) is 24.4 Å². The first kappa shape index (κ1) is 13.0. The standard InChI is InChI=1S/C15H23N/c1-4-8-15(13(2)3)12-16-11-14-9-6-5-7-10-14/h5-7,9-11,13,15H,4,8,12H2,1-3H3. The maximum absolute atomic E-state index is 4.56. The predicted molar refractivity (Wildman–Crippen MR) is 72.1 cm³/mol. The Morgan fingerprint density at radius 1 is 1.19 bits per heavy atom. The summed E-state index contributed by atoms with van der Waals surface area (Å²) in [6.07, 6.45) is 4.53. The van der Waals surface area contributed by atoms with Crippen LogP contribution in [0, 0.1) is 11.8 Å². The van der Waals surface area contributed by atoms with E-state index in [0.29, 0.717) is 0 Å². The van der Waals surface area contributed by atoms with Gasteiger partial charge in [0.25, 0.3) is 0 Å². The fourth-order valence-electron chi connectivity index (χ4n) is 1.84. The maximum atomic E-state index is 4.56. The minimum atomic E-state index is 0.727. The highest BCUT2D eigenvalue weighted by atomic mass is 14.7. The van der Waals surface area contributed by atoms with Gasteiger partial charge in [-0.1, -0.05) is 57.5 Å². The molecule has 1 unspecified atom stereocenters. The van der Waals surface area contributed by atoms with E-state index in [-0.39, 0.29) is 0 Å². The molecule has 1 nitrogen and oxygen atoms in total. The fraction of sp³-hybridized carbons (Fsp3) is 0.533. The van der Waals surface area contributed by atoms with Crippen molar-refractivity contribution in [2.75, 3.05) is 6.54 Å². The molecule has 0 bridgehead atoms. The normalized spacial score (nSPS) is 13.5. The number of rotatable bonds is 6. The Morgan fingerprint density at radius 3 is 2.44 bits per heavy atom. The highest BCUT2D eigenvalue weighted by Gasteiger charge is 2.10. The van der Waals surface area contributed by atoms with Gasteiger partial charge < -0.3 is 0 Å². The van der Waals surface area contributed by atoms with Gasteiger partial charge in [-0.2, -0.15) is 0 Å². The molecule has 0 saturated carbocycles. The van der Waals surface area contributed by atoms with E-state index < -0.39 is 0 Å². The number of hydrogen-bond acceptors (Lipinski definition) is 1. The molecule has 1 heteroatoms. The lowest BCUT2D eigenvalue weighted by Gasteiger charge is -2.17. The third kappa shape index (κ3) is 4.61.